The van der Waals surface area contributed by atoms with E-state index >= 15 is 0 Å². The molecule has 6 heteroatoms. The van der Waals surface area contributed by atoms with Crippen molar-refractivity contribution in [2.75, 3.05) is 19.9 Å². The van der Waals surface area contributed by atoms with Crippen molar-refractivity contribution in [3.63, 3.8) is 0 Å². The number of hydrogen-bond acceptors (Lipinski definition) is 5. The van der Waals surface area contributed by atoms with Gasteiger partial charge in [-0.1, -0.05) is 6.07 Å². The van der Waals surface area contributed by atoms with Gasteiger partial charge >= 0.3 is 6.09 Å². The summed E-state index contributed by atoms with van der Waals surface area (Å²) in [6.07, 6.45) is 2.36. The van der Waals surface area contributed by atoms with Gasteiger partial charge < -0.3 is 14.2 Å². The van der Waals surface area contributed by atoms with Gasteiger partial charge in [0, 0.05) is 6.08 Å². The number of amides is 2. The zero-order valence-electron chi connectivity index (χ0n) is 10.00. The van der Waals surface area contributed by atoms with Crippen molar-refractivity contribution in [1.29, 1.82) is 0 Å². The summed E-state index contributed by atoms with van der Waals surface area (Å²) in [6, 6.07) is 5.35. The fraction of sp³-hybridized carbons (Fsp3) is 0.231. The highest BCUT2D eigenvalue weighted by Crippen LogP contribution is 2.32. The molecule has 1 saturated heterocycles. The molecule has 3 rings (SSSR count). The third-order valence-corrected chi connectivity index (χ3v) is 2.84. The van der Waals surface area contributed by atoms with Gasteiger partial charge in [-0.25, -0.2) is 9.69 Å². The summed E-state index contributed by atoms with van der Waals surface area (Å²) in [5.74, 6) is 0.946. The van der Waals surface area contributed by atoms with Crippen LogP contribution in [0.1, 0.15) is 5.56 Å². The standard InChI is InChI=1S/C13H11NO5/c15-12(14-5-6-17-13(14)16)4-2-9-1-3-10-11(7-9)19-8-18-10/h1-4,7H,5-6,8H2/b4-2+. The summed E-state index contributed by atoms with van der Waals surface area (Å²) in [7, 11) is 0. The Kier molecular flexibility index (Phi) is 2.83. The third kappa shape index (κ3) is 2.24. The Hall–Kier alpha value is -2.50. The Morgan fingerprint density at radius 2 is 2.05 bits per heavy atom. The van der Waals surface area contributed by atoms with Crippen molar-refractivity contribution in [2.45, 2.75) is 0 Å². The predicted octanol–water partition coefficient (Wildman–Crippen LogP) is 1.41. The molecule has 2 aliphatic rings. The number of fused-ring (bicyclic) bond motifs is 1. The van der Waals surface area contributed by atoms with Crippen molar-refractivity contribution >= 4 is 18.1 Å². The van der Waals surface area contributed by atoms with E-state index in [2.05, 4.69) is 0 Å². The van der Waals surface area contributed by atoms with Crippen LogP contribution < -0.4 is 9.47 Å². The zero-order valence-corrected chi connectivity index (χ0v) is 10.00. The monoisotopic (exact) mass is 261 g/mol. The average molecular weight is 261 g/mol. The van der Waals surface area contributed by atoms with E-state index < -0.39 is 6.09 Å². The number of cyclic esters (lactones) is 1. The molecule has 2 amide bonds. The second kappa shape index (κ2) is 4.64. The maximum atomic E-state index is 11.7. The smallest absolute Gasteiger partial charge is 0.416 e. The Labute approximate surface area is 109 Å². The van der Waals surface area contributed by atoms with E-state index in [1.807, 2.05) is 0 Å². The van der Waals surface area contributed by atoms with E-state index in [1.165, 1.54) is 6.08 Å². The van der Waals surface area contributed by atoms with Crippen LogP contribution in [0.4, 0.5) is 4.79 Å². The van der Waals surface area contributed by atoms with Crippen LogP contribution in [0.25, 0.3) is 6.08 Å². The summed E-state index contributed by atoms with van der Waals surface area (Å²) in [4.78, 5) is 24.0. The maximum Gasteiger partial charge on any atom is 0.416 e. The normalized spacial score (nSPS) is 17.1. The SMILES string of the molecule is O=C(/C=C/c1ccc2c(c1)OCO2)N1CCOC1=O. The number of rotatable bonds is 2. The highest BCUT2D eigenvalue weighted by molar-refractivity contribution is 6.01. The molecule has 0 N–H and O–H groups in total. The molecule has 0 bridgehead atoms. The lowest BCUT2D eigenvalue weighted by molar-refractivity contribution is -0.122. The minimum atomic E-state index is -0.597. The molecule has 2 heterocycles. The third-order valence-electron chi connectivity index (χ3n) is 2.84. The molecule has 0 atom stereocenters. The first-order valence-electron chi connectivity index (χ1n) is 5.80. The summed E-state index contributed by atoms with van der Waals surface area (Å²) >= 11 is 0. The van der Waals surface area contributed by atoms with E-state index in [-0.39, 0.29) is 19.3 Å². The van der Waals surface area contributed by atoms with Gasteiger partial charge in [-0.05, 0) is 23.8 Å². The van der Waals surface area contributed by atoms with Crippen LogP contribution in [-0.4, -0.2) is 36.8 Å². The molecular formula is C13H11NO5. The number of imide groups is 1. The van der Waals surface area contributed by atoms with Crippen LogP contribution in [0.2, 0.25) is 0 Å². The van der Waals surface area contributed by atoms with Gasteiger partial charge in [-0.15, -0.1) is 0 Å². The molecule has 98 valence electrons. The minimum absolute atomic E-state index is 0.209. The lowest BCUT2D eigenvalue weighted by atomic mass is 10.2. The van der Waals surface area contributed by atoms with Crippen LogP contribution in [0.5, 0.6) is 11.5 Å². The maximum absolute atomic E-state index is 11.7. The summed E-state index contributed by atoms with van der Waals surface area (Å²) in [6.45, 7) is 0.757. The summed E-state index contributed by atoms with van der Waals surface area (Å²) in [5.41, 5.74) is 0.796. The van der Waals surface area contributed by atoms with Gasteiger partial charge in [0.2, 0.25) is 6.79 Å². The predicted molar refractivity (Wildman–Crippen MR) is 64.7 cm³/mol. The van der Waals surface area contributed by atoms with E-state index in [0.29, 0.717) is 18.0 Å². The molecule has 0 radical (unpaired) electrons. The highest BCUT2D eigenvalue weighted by atomic mass is 16.7. The molecule has 0 unspecified atom stereocenters. The molecule has 0 aliphatic carbocycles. The van der Waals surface area contributed by atoms with Gasteiger partial charge in [0.05, 0.1) is 6.54 Å². The first kappa shape index (κ1) is 11.6. The van der Waals surface area contributed by atoms with Crippen molar-refractivity contribution < 1.29 is 23.8 Å². The molecule has 1 aromatic carbocycles. The van der Waals surface area contributed by atoms with Crippen LogP contribution in [-0.2, 0) is 9.53 Å². The molecule has 1 aromatic rings. The Morgan fingerprint density at radius 3 is 2.84 bits per heavy atom. The fourth-order valence-electron chi connectivity index (χ4n) is 1.87. The highest BCUT2D eigenvalue weighted by Gasteiger charge is 2.26. The van der Waals surface area contributed by atoms with Gasteiger partial charge in [0.25, 0.3) is 5.91 Å². The number of benzene rings is 1. The zero-order chi connectivity index (χ0) is 13.2. The fourth-order valence-corrected chi connectivity index (χ4v) is 1.87. The molecule has 2 aliphatic heterocycles. The van der Waals surface area contributed by atoms with Crippen LogP contribution in [0.3, 0.4) is 0 Å². The van der Waals surface area contributed by atoms with Crippen molar-refractivity contribution in [3.8, 4) is 11.5 Å². The van der Waals surface area contributed by atoms with Crippen molar-refractivity contribution in [2.24, 2.45) is 0 Å². The largest absolute Gasteiger partial charge is 0.454 e. The van der Waals surface area contributed by atoms with Gasteiger partial charge in [0.15, 0.2) is 11.5 Å². The Morgan fingerprint density at radius 1 is 1.21 bits per heavy atom. The number of carbonyl (C=O) groups excluding carboxylic acids is 2. The molecule has 0 saturated carbocycles. The minimum Gasteiger partial charge on any atom is -0.454 e. The molecule has 6 nitrogen and oxygen atoms in total. The van der Waals surface area contributed by atoms with E-state index in [0.717, 1.165) is 10.5 Å². The average Bonchev–Trinajstić information content (AvgIpc) is 3.03. The topological polar surface area (TPSA) is 65.1 Å². The van der Waals surface area contributed by atoms with E-state index in [1.54, 1.807) is 24.3 Å². The van der Waals surface area contributed by atoms with E-state index in [4.69, 9.17) is 14.2 Å². The van der Waals surface area contributed by atoms with E-state index in [9.17, 15) is 9.59 Å². The molecule has 0 spiro atoms. The van der Waals surface area contributed by atoms with Crippen LogP contribution >= 0.6 is 0 Å². The first-order chi connectivity index (χ1) is 9.24. The first-order valence-corrected chi connectivity index (χ1v) is 5.80. The van der Waals surface area contributed by atoms with Crippen molar-refractivity contribution in [3.05, 3.63) is 29.8 Å². The number of nitrogens with zero attached hydrogens (tertiary/aromatic N) is 1. The lowest BCUT2D eigenvalue weighted by Crippen LogP contribution is -2.29. The number of ether oxygens (including phenoxy) is 3. The van der Waals surface area contributed by atoms with Gasteiger partial charge in [-0.2, -0.15) is 0 Å². The lowest BCUT2D eigenvalue weighted by Gasteiger charge is -2.06. The Balaban J connectivity index is 1.72. The van der Waals surface area contributed by atoms with Crippen LogP contribution in [0.15, 0.2) is 24.3 Å². The number of carbonyl (C=O) groups is 2. The van der Waals surface area contributed by atoms with Crippen LogP contribution in [0, 0.1) is 0 Å². The van der Waals surface area contributed by atoms with Crippen molar-refractivity contribution in [1.82, 2.24) is 4.90 Å². The quantitative estimate of drug-likeness (QED) is 0.753. The second-order valence-corrected chi connectivity index (χ2v) is 4.05. The van der Waals surface area contributed by atoms with Gasteiger partial charge in [0.1, 0.15) is 6.61 Å². The number of hydrogen-bond donors (Lipinski definition) is 0. The molecule has 19 heavy (non-hydrogen) atoms. The Bertz CT molecular complexity index is 566. The van der Waals surface area contributed by atoms with Gasteiger partial charge in [-0.3, -0.25) is 4.79 Å². The summed E-state index contributed by atoms with van der Waals surface area (Å²) < 4.78 is 15.1. The summed E-state index contributed by atoms with van der Waals surface area (Å²) in [5, 5.41) is 0. The molecule has 0 aromatic heterocycles. The molecule has 1 fully saturated rings. The second-order valence-electron chi connectivity index (χ2n) is 4.05. The molecular weight excluding hydrogens is 250 g/mol.